The molecule has 2 aromatic carbocycles. The molecule has 2 heterocycles. The highest BCUT2D eigenvalue weighted by Gasteiger charge is 2.27. The number of carbonyl (C=O) groups is 1. The molecule has 0 saturated carbocycles. The van der Waals surface area contributed by atoms with Crippen LogP contribution in [-0.4, -0.2) is 30.3 Å². The van der Waals surface area contributed by atoms with Crippen LogP contribution in [0.3, 0.4) is 0 Å². The normalized spacial score (nSPS) is 16.5. The average Bonchev–Trinajstić information content (AvgIpc) is 3.05. The van der Waals surface area contributed by atoms with Gasteiger partial charge in [0.15, 0.2) is 16.3 Å². The van der Waals surface area contributed by atoms with Crippen molar-refractivity contribution in [1.82, 2.24) is 4.57 Å². The fraction of sp³-hybridized carbons (Fsp3) is 0.300. The molecule has 0 N–H and O–H groups in total. The molecule has 0 radical (unpaired) electrons. The topological polar surface area (TPSA) is 62.1 Å². The fourth-order valence-corrected chi connectivity index (χ4v) is 4.17. The predicted octanol–water partition coefficient (Wildman–Crippen LogP) is 3.39. The highest BCUT2D eigenvalue weighted by molar-refractivity contribution is 7.16. The van der Waals surface area contributed by atoms with Gasteiger partial charge in [0.25, 0.3) is 5.91 Å². The summed E-state index contributed by atoms with van der Waals surface area (Å²) in [4.78, 5) is 17.8. The smallest absolute Gasteiger partial charge is 0.292 e. The first-order valence-electron chi connectivity index (χ1n) is 8.84. The number of hydrogen-bond donors (Lipinski definition) is 0. The van der Waals surface area contributed by atoms with Crippen LogP contribution in [0.4, 0.5) is 0 Å². The number of aryl methyl sites for hydroxylation is 1. The summed E-state index contributed by atoms with van der Waals surface area (Å²) in [5.41, 5.74) is 0.963. The van der Waals surface area contributed by atoms with E-state index < -0.39 is 6.10 Å². The second-order valence-corrected chi connectivity index (χ2v) is 7.17. The van der Waals surface area contributed by atoms with Crippen molar-refractivity contribution in [2.24, 2.45) is 4.99 Å². The first-order valence-corrected chi connectivity index (χ1v) is 9.66. The number of amides is 1. The van der Waals surface area contributed by atoms with Crippen LogP contribution in [0.25, 0.3) is 10.2 Å². The van der Waals surface area contributed by atoms with Crippen molar-refractivity contribution in [2.75, 3.05) is 13.7 Å². The lowest BCUT2D eigenvalue weighted by Crippen LogP contribution is -2.36. The van der Waals surface area contributed by atoms with Crippen molar-refractivity contribution >= 4 is 27.5 Å². The third-order valence-corrected chi connectivity index (χ3v) is 5.36. The van der Waals surface area contributed by atoms with Gasteiger partial charge in [0.1, 0.15) is 17.9 Å². The Bertz CT molecular complexity index is 1050. The van der Waals surface area contributed by atoms with E-state index in [0.717, 1.165) is 28.9 Å². The minimum atomic E-state index is -0.748. The standard InChI is InChI=1S/C20H20N2O4S/c1-3-11-22-18-15(24-2)9-6-10-17(18)27-20(22)21-19(23)16-12-25-13-7-4-5-8-14(13)26-16/h4-10,16H,3,11-12H2,1-2H3/t16-/m1/s1. The van der Waals surface area contributed by atoms with Crippen LogP contribution in [0.5, 0.6) is 17.2 Å². The fourth-order valence-electron chi connectivity index (χ4n) is 3.09. The van der Waals surface area contributed by atoms with Crippen molar-refractivity contribution in [3.05, 3.63) is 47.3 Å². The number of benzene rings is 2. The molecule has 1 aliphatic heterocycles. The number of methoxy groups -OCH3 is 1. The molecule has 0 aliphatic carbocycles. The Morgan fingerprint density at radius 3 is 2.85 bits per heavy atom. The number of ether oxygens (including phenoxy) is 3. The Hall–Kier alpha value is -2.80. The molecule has 0 spiro atoms. The summed E-state index contributed by atoms with van der Waals surface area (Å²) >= 11 is 1.47. The van der Waals surface area contributed by atoms with Gasteiger partial charge >= 0.3 is 0 Å². The minimum absolute atomic E-state index is 0.154. The molecular formula is C20H20N2O4S. The number of para-hydroxylation sites is 3. The molecule has 1 aliphatic rings. The van der Waals surface area contributed by atoms with Gasteiger partial charge in [-0.05, 0) is 30.7 Å². The molecule has 0 fully saturated rings. The minimum Gasteiger partial charge on any atom is -0.495 e. The van der Waals surface area contributed by atoms with Gasteiger partial charge in [-0.1, -0.05) is 36.5 Å². The summed E-state index contributed by atoms with van der Waals surface area (Å²) in [6.45, 7) is 2.99. The molecule has 0 saturated heterocycles. The Balaban J connectivity index is 1.72. The molecular weight excluding hydrogens is 364 g/mol. The van der Waals surface area contributed by atoms with Gasteiger partial charge in [-0.25, -0.2) is 0 Å². The van der Waals surface area contributed by atoms with Crippen LogP contribution >= 0.6 is 11.3 Å². The van der Waals surface area contributed by atoms with E-state index in [-0.39, 0.29) is 12.5 Å². The Morgan fingerprint density at radius 1 is 1.26 bits per heavy atom. The molecule has 1 amide bonds. The van der Waals surface area contributed by atoms with Gasteiger partial charge in [0.05, 0.1) is 11.8 Å². The SMILES string of the molecule is CCCn1c(=NC(=O)[C@H]2COc3ccccc3O2)sc2cccc(OC)c21. The molecule has 0 unspecified atom stereocenters. The van der Waals surface area contributed by atoms with Gasteiger partial charge in [-0.2, -0.15) is 4.99 Å². The average molecular weight is 384 g/mol. The Kier molecular flexibility index (Phi) is 4.85. The highest BCUT2D eigenvalue weighted by atomic mass is 32.1. The van der Waals surface area contributed by atoms with Crippen LogP contribution in [0.2, 0.25) is 0 Å². The molecule has 7 heteroatoms. The van der Waals surface area contributed by atoms with E-state index in [1.165, 1.54) is 11.3 Å². The molecule has 1 aromatic heterocycles. The molecule has 6 nitrogen and oxygen atoms in total. The van der Waals surface area contributed by atoms with Crippen molar-refractivity contribution in [2.45, 2.75) is 26.0 Å². The third-order valence-electron chi connectivity index (χ3n) is 4.32. The van der Waals surface area contributed by atoms with E-state index in [1.54, 1.807) is 13.2 Å². The predicted molar refractivity (Wildman–Crippen MR) is 104 cm³/mol. The first kappa shape index (κ1) is 17.6. The third kappa shape index (κ3) is 3.30. The lowest BCUT2D eigenvalue weighted by Gasteiger charge is -2.23. The van der Waals surface area contributed by atoms with Crippen LogP contribution < -0.4 is 19.0 Å². The van der Waals surface area contributed by atoms with E-state index >= 15 is 0 Å². The Labute approximate surface area is 160 Å². The number of aromatic nitrogens is 1. The van der Waals surface area contributed by atoms with Gasteiger partial charge < -0.3 is 18.8 Å². The van der Waals surface area contributed by atoms with Crippen LogP contribution in [-0.2, 0) is 11.3 Å². The molecule has 140 valence electrons. The van der Waals surface area contributed by atoms with Crippen LogP contribution in [0, 0.1) is 0 Å². The number of rotatable bonds is 4. The second-order valence-electron chi connectivity index (χ2n) is 6.16. The number of thiazole rings is 1. The summed E-state index contributed by atoms with van der Waals surface area (Å²) in [5, 5.41) is 0. The van der Waals surface area contributed by atoms with E-state index in [1.807, 2.05) is 41.0 Å². The zero-order chi connectivity index (χ0) is 18.8. The van der Waals surface area contributed by atoms with Crippen molar-refractivity contribution in [3.63, 3.8) is 0 Å². The maximum absolute atomic E-state index is 12.8. The van der Waals surface area contributed by atoms with Crippen molar-refractivity contribution < 1.29 is 19.0 Å². The summed E-state index contributed by atoms with van der Waals surface area (Å²) < 4.78 is 20.0. The van der Waals surface area contributed by atoms with Gasteiger partial charge in [0.2, 0.25) is 6.10 Å². The zero-order valence-corrected chi connectivity index (χ0v) is 16.0. The van der Waals surface area contributed by atoms with E-state index in [9.17, 15) is 4.79 Å². The van der Waals surface area contributed by atoms with Crippen LogP contribution in [0.15, 0.2) is 47.5 Å². The number of fused-ring (bicyclic) bond motifs is 2. The lowest BCUT2D eigenvalue weighted by molar-refractivity contribution is -0.127. The summed E-state index contributed by atoms with van der Waals surface area (Å²) in [6.07, 6.45) is 0.170. The van der Waals surface area contributed by atoms with Crippen LogP contribution in [0.1, 0.15) is 13.3 Å². The monoisotopic (exact) mass is 384 g/mol. The zero-order valence-electron chi connectivity index (χ0n) is 15.2. The van der Waals surface area contributed by atoms with Gasteiger partial charge in [0, 0.05) is 6.54 Å². The molecule has 0 bridgehead atoms. The van der Waals surface area contributed by atoms with Gasteiger partial charge in [-0.3, -0.25) is 4.79 Å². The van der Waals surface area contributed by atoms with E-state index in [2.05, 4.69) is 11.9 Å². The number of hydrogen-bond acceptors (Lipinski definition) is 5. The molecule has 3 aromatic rings. The van der Waals surface area contributed by atoms with Crippen molar-refractivity contribution in [3.8, 4) is 17.2 Å². The number of carbonyl (C=O) groups excluding carboxylic acids is 1. The Morgan fingerprint density at radius 2 is 2.07 bits per heavy atom. The number of nitrogens with zero attached hydrogens (tertiary/aromatic N) is 2. The summed E-state index contributed by atoms with van der Waals surface area (Å²) in [6, 6.07) is 13.2. The first-order chi connectivity index (χ1) is 13.2. The highest BCUT2D eigenvalue weighted by Crippen LogP contribution is 2.31. The van der Waals surface area contributed by atoms with Crippen molar-refractivity contribution in [1.29, 1.82) is 0 Å². The molecule has 4 rings (SSSR count). The molecule has 1 atom stereocenters. The summed E-state index contributed by atoms with van der Waals surface area (Å²) in [5.74, 6) is 1.64. The second kappa shape index (κ2) is 7.44. The van der Waals surface area contributed by atoms with E-state index in [0.29, 0.717) is 16.3 Å². The lowest BCUT2D eigenvalue weighted by atomic mass is 10.2. The maximum Gasteiger partial charge on any atom is 0.292 e. The quantitative estimate of drug-likeness (QED) is 0.692. The van der Waals surface area contributed by atoms with E-state index in [4.69, 9.17) is 14.2 Å². The maximum atomic E-state index is 12.8. The van der Waals surface area contributed by atoms with Gasteiger partial charge in [-0.15, -0.1) is 0 Å². The molecule has 27 heavy (non-hydrogen) atoms. The summed E-state index contributed by atoms with van der Waals surface area (Å²) in [7, 11) is 1.65. The largest absolute Gasteiger partial charge is 0.495 e.